The van der Waals surface area contributed by atoms with Gasteiger partial charge in [-0.15, -0.1) is 11.8 Å². The Balaban J connectivity index is 1.37. The summed E-state index contributed by atoms with van der Waals surface area (Å²) in [5.74, 6) is -2.15. The van der Waals surface area contributed by atoms with Gasteiger partial charge < -0.3 is 29.8 Å². The van der Waals surface area contributed by atoms with Crippen LogP contribution < -0.4 is 15.6 Å². The van der Waals surface area contributed by atoms with E-state index in [2.05, 4.69) is 15.5 Å². The van der Waals surface area contributed by atoms with Crippen molar-refractivity contribution in [2.45, 2.75) is 37.9 Å². The van der Waals surface area contributed by atoms with Gasteiger partial charge in [0.1, 0.15) is 35.2 Å². The molecule has 2 atom stereocenters. The van der Waals surface area contributed by atoms with Crippen molar-refractivity contribution < 1.29 is 37.7 Å². The lowest BCUT2D eigenvalue weighted by Gasteiger charge is -2.49. The van der Waals surface area contributed by atoms with Crippen LogP contribution in [0.2, 0.25) is 0 Å². The zero-order valence-electron chi connectivity index (χ0n) is 19.8. The number of furan rings is 1. The molecule has 13 nitrogen and oxygen atoms in total. The van der Waals surface area contributed by atoms with E-state index in [-0.39, 0.29) is 35.8 Å². The lowest BCUT2D eigenvalue weighted by atomic mass is 10.0. The molecule has 192 valence electrons. The smallest absolute Gasteiger partial charge is 0.352 e. The van der Waals surface area contributed by atoms with Gasteiger partial charge in [-0.25, -0.2) is 4.79 Å². The van der Waals surface area contributed by atoms with E-state index in [1.54, 1.807) is 32.2 Å². The monoisotopic (exact) mass is 527 g/mol. The molecule has 0 bridgehead atoms. The number of carboxylic acid groups (broad SMARTS) is 1. The van der Waals surface area contributed by atoms with Gasteiger partial charge in [0.05, 0.1) is 6.26 Å². The number of nitrogen functional groups attached to an aromatic ring is 1. The lowest BCUT2D eigenvalue weighted by Crippen LogP contribution is -2.71. The Kier molecular flexibility index (Phi) is 6.33. The molecule has 3 aromatic rings. The third-order valence-electron chi connectivity index (χ3n) is 5.73. The topological polar surface area (TPSA) is 177 Å². The fraction of sp³-hybridized carbons (Fsp3) is 0.304. The van der Waals surface area contributed by atoms with Gasteiger partial charge >= 0.3 is 5.97 Å². The van der Waals surface area contributed by atoms with Crippen LogP contribution in [0.15, 0.2) is 62.2 Å². The number of carbonyl (C=O) groups is 3. The molecule has 3 aromatic heterocycles. The molecule has 2 amide bonds. The molecule has 37 heavy (non-hydrogen) atoms. The summed E-state index contributed by atoms with van der Waals surface area (Å²) >= 11 is 1.36. The second-order valence-electron chi connectivity index (χ2n) is 8.59. The van der Waals surface area contributed by atoms with E-state index in [9.17, 15) is 19.5 Å². The van der Waals surface area contributed by atoms with Gasteiger partial charge in [0.2, 0.25) is 0 Å². The number of nitrogens with zero attached hydrogens (tertiary/aromatic N) is 4. The molecule has 4 N–H and O–H groups in total. The summed E-state index contributed by atoms with van der Waals surface area (Å²) in [7, 11) is 0. The van der Waals surface area contributed by atoms with Crippen LogP contribution in [-0.2, 0) is 25.8 Å². The normalized spacial score (nSPS) is 19.7. The van der Waals surface area contributed by atoms with E-state index >= 15 is 0 Å². The first-order valence-electron chi connectivity index (χ1n) is 11.3. The van der Waals surface area contributed by atoms with Crippen LogP contribution in [0.25, 0.3) is 11.1 Å². The Hall–Kier alpha value is -4.33. The average molecular weight is 528 g/mol. The SMILES string of the molecule is CC(C)O/N=C(/C(=O)NC1C(=O)N2C(C(=O)O)=C(C[n+]3cccc4occc43)CS[C@H]12)c1coc(N)n1. The number of aliphatic carboxylic acids is 1. The number of amides is 2. The first-order chi connectivity index (χ1) is 17.7. The van der Waals surface area contributed by atoms with Gasteiger partial charge in [0, 0.05) is 23.5 Å². The zero-order chi connectivity index (χ0) is 26.3. The Labute approximate surface area is 213 Å². The van der Waals surface area contributed by atoms with Gasteiger partial charge in [-0.1, -0.05) is 5.16 Å². The minimum absolute atomic E-state index is 0.0365. The van der Waals surface area contributed by atoms with Crippen molar-refractivity contribution in [3.8, 4) is 0 Å². The zero-order valence-corrected chi connectivity index (χ0v) is 20.6. The number of oxime groups is 1. The number of carboxylic acids is 1. The van der Waals surface area contributed by atoms with Crippen molar-refractivity contribution in [1.82, 2.24) is 15.2 Å². The Morgan fingerprint density at radius 3 is 2.92 bits per heavy atom. The average Bonchev–Trinajstić information content (AvgIpc) is 3.51. The number of hydrogen-bond donors (Lipinski definition) is 3. The molecule has 0 spiro atoms. The van der Waals surface area contributed by atoms with Crippen LogP contribution >= 0.6 is 11.8 Å². The Morgan fingerprint density at radius 2 is 2.22 bits per heavy atom. The van der Waals surface area contributed by atoms with Crippen molar-refractivity contribution in [3.63, 3.8) is 0 Å². The summed E-state index contributed by atoms with van der Waals surface area (Å²) < 4.78 is 12.3. The number of nitrogens with two attached hydrogens (primary N) is 1. The van der Waals surface area contributed by atoms with Crippen molar-refractivity contribution in [1.29, 1.82) is 0 Å². The molecular formula is C23H23N6O7S+. The summed E-state index contributed by atoms with van der Waals surface area (Å²) in [6, 6.07) is 4.28. The van der Waals surface area contributed by atoms with Crippen LogP contribution in [0.4, 0.5) is 6.01 Å². The number of pyridine rings is 1. The predicted molar refractivity (Wildman–Crippen MR) is 130 cm³/mol. The maximum absolute atomic E-state index is 13.1. The highest BCUT2D eigenvalue weighted by Gasteiger charge is 2.55. The largest absolute Gasteiger partial charge is 0.477 e. The quantitative estimate of drug-likeness (QED) is 0.165. The third-order valence-corrected chi connectivity index (χ3v) is 7.07. The first-order valence-corrected chi connectivity index (χ1v) is 12.3. The van der Waals surface area contributed by atoms with E-state index in [1.165, 1.54) is 16.7 Å². The molecule has 0 aromatic carbocycles. The standard InChI is InChI=1S/C23H22N6O7S/c1-11(2)36-27-16(13-9-35-23(24)25-13)19(30)26-17-20(31)29-18(22(32)33)12(10-37-21(17)29)8-28-6-3-4-15-14(28)5-7-34-15/h3-7,9,11,17,21H,8,10H2,1-2H3,(H3-,24,25,26,30,32,33)/p+1/b27-16+/t17?,21-/m1/s1. The molecule has 14 heteroatoms. The molecule has 5 heterocycles. The first kappa shape index (κ1) is 24.4. The minimum Gasteiger partial charge on any atom is -0.477 e. The second-order valence-corrected chi connectivity index (χ2v) is 9.69. The highest BCUT2D eigenvalue weighted by molar-refractivity contribution is 8.00. The maximum Gasteiger partial charge on any atom is 0.352 e. The van der Waals surface area contributed by atoms with Gasteiger partial charge in [-0.3, -0.25) is 14.5 Å². The van der Waals surface area contributed by atoms with Crippen molar-refractivity contribution in [3.05, 3.63) is 53.9 Å². The van der Waals surface area contributed by atoms with E-state index in [1.807, 2.05) is 16.8 Å². The third kappa shape index (κ3) is 4.50. The van der Waals surface area contributed by atoms with Gasteiger partial charge in [0.15, 0.2) is 24.0 Å². The van der Waals surface area contributed by atoms with Crippen LogP contribution in [-0.4, -0.2) is 61.8 Å². The molecule has 0 radical (unpaired) electrons. The molecule has 5 rings (SSSR count). The van der Waals surface area contributed by atoms with Crippen LogP contribution in [0, 0.1) is 0 Å². The predicted octanol–water partition coefficient (Wildman–Crippen LogP) is 0.858. The van der Waals surface area contributed by atoms with Gasteiger partial charge in [-0.2, -0.15) is 9.55 Å². The molecule has 0 aliphatic carbocycles. The summed E-state index contributed by atoms with van der Waals surface area (Å²) in [5, 5.41) is 15.9. The second kappa shape index (κ2) is 9.61. The summed E-state index contributed by atoms with van der Waals surface area (Å²) in [6.07, 6.45) is 4.20. The molecule has 1 unspecified atom stereocenters. The van der Waals surface area contributed by atoms with E-state index in [0.29, 0.717) is 16.9 Å². The Morgan fingerprint density at radius 1 is 1.41 bits per heavy atom. The number of aromatic nitrogens is 2. The van der Waals surface area contributed by atoms with E-state index in [0.717, 1.165) is 11.8 Å². The highest BCUT2D eigenvalue weighted by Crippen LogP contribution is 2.40. The molecule has 2 aliphatic rings. The van der Waals surface area contributed by atoms with Crippen LogP contribution in [0.5, 0.6) is 0 Å². The molecule has 2 aliphatic heterocycles. The number of rotatable bonds is 8. The van der Waals surface area contributed by atoms with Crippen molar-refractivity contribution in [2.75, 3.05) is 11.5 Å². The number of nitrogens with one attached hydrogen (secondary N) is 1. The summed E-state index contributed by atoms with van der Waals surface area (Å²) in [4.78, 5) is 48.7. The number of hydrogen-bond acceptors (Lipinski definition) is 10. The Bertz CT molecular complexity index is 1460. The molecule has 1 saturated heterocycles. The number of β-lactam (4-membered cyclic amide) rings is 1. The van der Waals surface area contributed by atoms with Gasteiger partial charge in [0.25, 0.3) is 23.3 Å². The highest BCUT2D eigenvalue weighted by atomic mass is 32.2. The van der Waals surface area contributed by atoms with Crippen LogP contribution in [0.3, 0.4) is 0 Å². The number of carbonyl (C=O) groups excluding carboxylic acids is 2. The lowest BCUT2D eigenvalue weighted by molar-refractivity contribution is -0.663. The molecular weight excluding hydrogens is 504 g/mol. The number of anilines is 1. The summed E-state index contributed by atoms with van der Waals surface area (Å²) in [6.45, 7) is 3.71. The maximum atomic E-state index is 13.1. The van der Waals surface area contributed by atoms with Crippen molar-refractivity contribution >= 4 is 52.4 Å². The number of thioether (sulfide) groups is 1. The van der Waals surface area contributed by atoms with E-state index < -0.39 is 29.2 Å². The fourth-order valence-electron chi connectivity index (χ4n) is 4.11. The number of fused-ring (bicyclic) bond motifs is 2. The fourth-order valence-corrected chi connectivity index (χ4v) is 5.44. The number of oxazole rings is 1. The van der Waals surface area contributed by atoms with E-state index in [4.69, 9.17) is 19.4 Å². The molecule has 0 saturated carbocycles. The molecule has 1 fully saturated rings. The summed E-state index contributed by atoms with van der Waals surface area (Å²) in [5.41, 5.74) is 7.28. The van der Waals surface area contributed by atoms with Crippen molar-refractivity contribution in [2.24, 2.45) is 5.16 Å². The minimum atomic E-state index is -1.22. The van der Waals surface area contributed by atoms with Gasteiger partial charge in [-0.05, 0) is 19.9 Å². The van der Waals surface area contributed by atoms with Crippen LogP contribution in [0.1, 0.15) is 19.5 Å².